The first-order valence-electron chi connectivity index (χ1n) is 6.59. The Morgan fingerprint density at radius 2 is 2.33 bits per heavy atom. The number of nitrogens with zero attached hydrogens (tertiary/aromatic N) is 1. The van der Waals surface area contributed by atoms with Crippen molar-refractivity contribution in [2.24, 2.45) is 0 Å². The summed E-state index contributed by atoms with van der Waals surface area (Å²) in [5.41, 5.74) is 3.23. The van der Waals surface area contributed by atoms with Gasteiger partial charge in [-0.05, 0) is 19.3 Å². The van der Waals surface area contributed by atoms with Crippen LogP contribution in [-0.4, -0.2) is 50.2 Å². The van der Waals surface area contributed by atoms with Gasteiger partial charge in [0.2, 0.25) is 0 Å². The third kappa shape index (κ3) is 5.33. The van der Waals surface area contributed by atoms with Crippen molar-refractivity contribution in [2.75, 3.05) is 20.3 Å². The molecule has 3 atom stereocenters. The molecule has 1 unspecified atom stereocenters. The zero-order valence-electron chi connectivity index (χ0n) is 11.4. The summed E-state index contributed by atoms with van der Waals surface area (Å²) < 4.78 is 6.90. The monoisotopic (exact) mass is 274 g/mol. The first-order valence-corrected chi connectivity index (χ1v) is 7.11. The van der Waals surface area contributed by atoms with Crippen LogP contribution in [0.2, 0.25) is 0 Å². The van der Waals surface area contributed by atoms with Crippen LogP contribution in [-0.2, 0) is 14.3 Å². The predicted octanol–water partition coefficient (Wildman–Crippen LogP) is 0.455. The van der Waals surface area contributed by atoms with Crippen molar-refractivity contribution in [3.63, 3.8) is 0 Å². The van der Waals surface area contributed by atoms with Crippen molar-refractivity contribution in [1.29, 1.82) is 0 Å². The molecule has 0 aromatic carbocycles. The maximum absolute atomic E-state index is 11.8. The highest BCUT2D eigenvalue weighted by molar-refractivity contribution is 7.13. The molecular weight excluding hydrogens is 250 g/mol. The molecule has 0 bridgehead atoms. The normalized spacial score (nSPS) is 25.1. The van der Waals surface area contributed by atoms with Crippen LogP contribution in [0.3, 0.4) is 0 Å². The quantitative estimate of drug-likeness (QED) is 0.301. The van der Waals surface area contributed by atoms with E-state index in [1.165, 1.54) is 0 Å². The number of carbonyl (C=O) groups excluding carboxylic acids is 1. The number of hydroxylamine groups is 1. The molecule has 1 saturated heterocycles. The SMILES string of the molecule is CCCCON[C@@H]1CC[C@@H](C(=O)BOC)N(P)C1. The molecule has 0 radical (unpaired) electrons. The van der Waals surface area contributed by atoms with Crippen LogP contribution in [0.25, 0.3) is 0 Å². The minimum atomic E-state index is -0.0383. The third-order valence-corrected chi connectivity index (χ3v) is 3.70. The lowest BCUT2D eigenvalue weighted by molar-refractivity contribution is -0.117. The number of unbranched alkanes of at least 4 members (excludes halogenated alkanes) is 1. The fourth-order valence-corrected chi connectivity index (χ4v) is 2.64. The van der Waals surface area contributed by atoms with Gasteiger partial charge in [-0.15, -0.1) is 0 Å². The van der Waals surface area contributed by atoms with Gasteiger partial charge in [0, 0.05) is 19.7 Å². The zero-order chi connectivity index (χ0) is 13.4. The van der Waals surface area contributed by atoms with E-state index in [4.69, 9.17) is 9.49 Å². The first kappa shape index (κ1) is 16.1. The Morgan fingerprint density at radius 1 is 1.56 bits per heavy atom. The second-order valence-corrected chi connectivity index (χ2v) is 5.37. The van der Waals surface area contributed by atoms with Gasteiger partial charge in [-0.1, -0.05) is 22.7 Å². The van der Waals surface area contributed by atoms with E-state index in [0.717, 1.165) is 38.8 Å². The number of rotatable bonds is 8. The van der Waals surface area contributed by atoms with Crippen molar-refractivity contribution in [3.8, 4) is 0 Å². The molecule has 1 fully saturated rings. The van der Waals surface area contributed by atoms with Gasteiger partial charge in [-0.2, -0.15) is 5.48 Å². The highest BCUT2D eigenvalue weighted by atomic mass is 31.0. The molecule has 0 aromatic rings. The fraction of sp³-hybridized carbons (Fsp3) is 0.909. The van der Waals surface area contributed by atoms with Gasteiger partial charge in [0.25, 0.3) is 0 Å². The lowest BCUT2D eigenvalue weighted by Crippen LogP contribution is -2.50. The lowest BCUT2D eigenvalue weighted by atomic mass is 9.83. The Kier molecular flexibility index (Phi) is 8.03. The molecule has 1 rings (SSSR count). The summed E-state index contributed by atoms with van der Waals surface area (Å²) >= 11 is 0. The maximum Gasteiger partial charge on any atom is 0.353 e. The average molecular weight is 274 g/mol. The molecule has 7 heteroatoms. The smallest absolute Gasteiger partial charge is 0.353 e. The number of carbonyl (C=O) groups is 1. The summed E-state index contributed by atoms with van der Waals surface area (Å²) in [6, 6.07) is 0.259. The highest BCUT2D eigenvalue weighted by Gasteiger charge is 2.30. The molecule has 1 heterocycles. The van der Waals surface area contributed by atoms with Crippen LogP contribution in [0.15, 0.2) is 0 Å². The number of hydrogen-bond acceptors (Lipinski definition) is 5. The average Bonchev–Trinajstić information content (AvgIpc) is 2.35. The standard InChI is InChI=1S/C11H24BN2O3P/c1-3-4-7-17-13-9-5-6-10(14(18)8-9)11(15)12-16-2/h9-10,12-13H,3-8,18H2,1-2H3/t9-,10+/m1/s1. The van der Waals surface area contributed by atoms with E-state index in [-0.39, 0.29) is 19.2 Å². The Morgan fingerprint density at radius 3 is 2.94 bits per heavy atom. The molecular formula is C11H24BN2O3P. The van der Waals surface area contributed by atoms with Gasteiger partial charge in [-0.25, -0.2) is 0 Å². The van der Waals surface area contributed by atoms with Gasteiger partial charge in [-0.3, -0.25) is 4.67 Å². The van der Waals surface area contributed by atoms with Crippen LogP contribution in [0, 0.1) is 0 Å². The van der Waals surface area contributed by atoms with Crippen molar-refractivity contribution in [2.45, 2.75) is 44.7 Å². The zero-order valence-corrected chi connectivity index (χ0v) is 12.5. The largest absolute Gasteiger partial charge is 0.434 e. The second-order valence-electron chi connectivity index (χ2n) is 4.71. The summed E-state index contributed by atoms with van der Waals surface area (Å²) in [5, 5.41) is 0. The number of nitrogens with one attached hydrogen (secondary N) is 1. The minimum absolute atomic E-state index is 0.0383. The van der Waals surface area contributed by atoms with E-state index in [0.29, 0.717) is 6.04 Å². The molecule has 18 heavy (non-hydrogen) atoms. The molecule has 0 aliphatic carbocycles. The third-order valence-electron chi connectivity index (χ3n) is 3.13. The molecule has 5 nitrogen and oxygen atoms in total. The van der Waals surface area contributed by atoms with Gasteiger partial charge >= 0.3 is 7.48 Å². The van der Waals surface area contributed by atoms with E-state index in [1.807, 2.05) is 4.67 Å². The van der Waals surface area contributed by atoms with Gasteiger partial charge < -0.3 is 14.3 Å². The van der Waals surface area contributed by atoms with Crippen molar-refractivity contribution < 1.29 is 14.3 Å². The Bertz CT molecular complexity index is 258. The van der Waals surface area contributed by atoms with Crippen LogP contribution < -0.4 is 5.48 Å². The summed E-state index contributed by atoms with van der Waals surface area (Å²) in [7, 11) is 4.39. The van der Waals surface area contributed by atoms with Crippen LogP contribution in [0.5, 0.6) is 0 Å². The van der Waals surface area contributed by atoms with Crippen molar-refractivity contribution in [1.82, 2.24) is 10.2 Å². The Balaban J connectivity index is 2.25. The van der Waals surface area contributed by atoms with Crippen LogP contribution in [0.1, 0.15) is 32.6 Å². The second kappa shape index (κ2) is 9.00. The van der Waals surface area contributed by atoms with E-state index in [9.17, 15) is 4.79 Å². The molecule has 104 valence electrons. The van der Waals surface area contributed by atoms with Crippen molar-refractivity contribution in [3.05, 3.63) is 0 Å². The fourth-order valence-electron chi connectivity index (χ4n) is 2.07. The van der Waals surface area contributed by atoms with Crippen LogP contribution in [0.4, 0.5) is 0 Å². The summed E-state index contributed by atoms with van der Waals surface area (Å²) in [4.78, 5) is 17.2. The van der Waals surface area contributed by atoms with Gasteiger partial charge in [0.1, 0.15) is 5.68 Å². The topological polar surface area (TPSA) is 50.8 Å². The molecule has 0 aromatic heterocycles. The summed E-state index contributed by atoms with van der Waals surface area (Å²) in [5.74, 6) is 0. The molecule has 0 amide bonds. The van der Waals surface area contributed by atoms with E-state index in [1.54, 1.807) is 7.11 Å². The molecule has 1 aliphatic heterocycles. The Labute approximate surface area is 112 Å². The first-order chi connectivity index (χ1) is 8.69. The number of piperidine rings is 1. The number of hydrogen-bond donors (Lipinski definition) is 1. The Hall–Kier alpha value is 0.00494. The molecule has 0 saturated carbocycles. The lowest BCUT2D eigenvalue weighted by Gasteiger charge is -2.35. The van der Waals surface area contributed by atoms with Gasteiger partial charge in [0.15, 0.2) is 0 Å². The van der Waals surface area contributed by atoms with E-state index in [2.05, 4.69) is 21.8 Å². The molecule has 1 aliphatic rings. The highest BCUT2D eigenvalue weighted by Crippen LogP contribution is 2.21. The summed E-state index contributed by atoms with van der Waals surface area (Å²) in [6.07, 6.45) is 4.01. The van der Waals surface area contributed by atoms with Crippen LogP contribution >= 0.6 is 9.39 Å². The molecule has 0 spiro atoms. The van der Waals surface area contributed by atoms with E-state index >= 15 is 0 Å². The summed E-state index contributed by atoms with van der Waals surface area (Å²) in [6.45, 7) is 3.69. The molecule has 1 N–H and O–H groups in total. The van der Waals surface area contributed by atoms with Crippen molar-refractivity contribution >= 4 is 22.6 Å². The predicted molar refractivity (Wildman–Crippen MR) is 76.4 cm³/mol. The maximum atomic E-state index is 11.8. The van der Waals surface area contributed by atoms with E-state index < -0.39 is 0 Å². The van der Waals surface area contributed by atoms with Gasteiger partial charge in [0.05, 0.1) is 12.6 Å². The minimum Gasteiger partial charge on any atom is -0.434 e.